The van der Waals surface area contributed by atoms with E-state index in [0.29, 0.717) is 13.2 Å². The molecule has 0 spiro atoms. The van der Waals surface area contributed by atoms with E-state index in [0.717, 1.165) is 15.6 Å². The van der Waals surface area contributed by atoms with Crippen molar-refractivity contribution in [1.82, 2.24) is 0 Å². The molecule has 2 aromatic rings. The zero-order valence-electron chi connectivity index (χ0n) is 9.77. The maximum atomic E-state index is 5.56. The number of benzene rings is 2. The molecule has 0 bridgehead atoms. The number of nitrogens with two attached hydrogens (primary N) is 2. The van der Waals surface area contributed by atoms with Crippen LogP contribution in [0.25, 0.3) is 10.8 Å². The molecule has 0 amide bonds. The Bertz CT molecular complexity index is 579. The third-order valence-corrected chi connectivity index (χ3v) is 2.92. The quantitative estimate of drug-likeness (QED) is 0.517. The average Bonchev–Trinajstić information content (AvgIpc) is 2.34. The van der Waals surface area contributed by atoms with E-state index in [2.05, 4.69) is 27.0 Å². The highest BCUT2D eigenvalue weighted by Crippen LogP contribution is 2.23. The molecule has 18 heavy (non-hydrogen) atoms. The molecule has 0 unspecified atom stereocenters. The normalized spacial score (nSPS) is 10.3. The fraction of sp³-hybridized carbons (Fsp3) is 0.154. The standard InChI is InChI=1S/C13H14BrN3O/c14-11-3-1-10-8-12(4-2-9(10)7-11)18-6-5-17-13(15)16/h1-4,7-8H,5-6H2,(H4,15,16,17). The molecule has 94 valence electrons. The van der Waals surface area contributed by atoms with Gasteiger partial charge in [-0.05, 0) is 35.0 Å². The minimum atomic E-state index is 0.0851. The number of rotatable bonds is 4. The van der Waals surface area contributed by atoms with Crippen LogP contribution in [0.3, 0.4) is 0 Å². The molecule has 0 radical (unpaired) electrons. The van der Waals surface area contributed by atoms with Gasteiger partial charge in [-0.25, -0.2) is 0 Å². The van der Waals surface area contributed by atoms with Gasteiger partial charge in [0.15, 0.2) is 5.96 Å². The predicted molar refractivity (Wildman–Crippen MR) is 77.8 cm³/mol. The highest BCUT2D eigenvalue weighted by atomic mass is 79.9. The van der Waals surface area contributed by atoms with E-state index in [1.165, 1.54) is 5.39 Å². The molecule has 0 saturated carbocycles. The van der Waals surface area contributed by atoms with Crippen LogP contribution < -0.4 is 16.2 Å². The lowest BCUT2D eigenvalue weighted by Crippen LogP contribution is -2.23. The summed E-state index contributed by atoms with van der Waals surface area (Å²) in [6.45, 7) is 0.917. The monoisotopic (exact) mass is 307 g/mol. The van der Waals surface area contributed by atoms with Gasteiger partial charge in [-0.1, -0.05) is 28.1 Å². The zero-order chi connectivity index (χ0) is 13.0. The molecule has 0 saturated heterocycles. The highest BCUT2D eigenvalue weighted by Gasteiger charge is 1.98. The minimum Gasteiger partial charge on any atom is -0.492 e. The Labute approximate surface area is 114 Å². The number of hydrogen-bond acceptors (Lipinski definition) is 2. The van der Waals surface area contributed by atoms with Gasteiger partial charge in [-0.2, -0.15) is 0 Å². The first-order valence-electron chi connectivity index (χ1n) is 5.53. The summed E-state index contributed by atoms with van der Waals surface area (Å²) in [7, 11) is 0. The van der Waals surface area contributed by atoms with Gasteiger partial charge in [0.1, 0.15) is 12.4 Å². The van der Waals surface area contributed by atoms with Crippen LogP contribution in [-0.4, -0.2) is 19.1 Å². The Balaban J connectivity index is 2.06. The number of halogens is 1. The van der Waals surface area contributed by atoms with Gasteiger partial charge in [0, 0.05) is 4.47 Å². The van der Waals surface area contributed by atoms with E-state index in [1.807, 2.05) is 30.3 Å². The summed E-state index contributed by atoms with van der Waals surface area (Å²) in [6.07, 6.45) is 0. The number of nitrogens with zero attached hydrogens (tertiary/aromatic N) is 1. The number of aliphatic imine (C=N–C) groups is 1. The van der Waals surface area contributed by atoms with Crippen LogP contribution in [-0.2, 0) is 0 Å². The van der Waals surface area contributed by atoms with E-state index < -0.39 is 0 Å². The van der Waals surface area contributed by atoms with Crippen LogP contribution in [0.5, 0.6) is 5.75 Å². The van der Waals surface area contributed by atoms with Crippen LogP contribution in [0.15, 0.2) is 45.9 Å². The summed E-state index contributed by atoms with van der Waals surface area (Å²) in [4.78, 5) is 3.85. The molecule has 2 rings (SSSR count). The van der Waals surface area contributed by atoms with Crippen molar-refractivity contribution < 1.29 is 4.74 Å². The van der Waals surface area contributed by atoms with Crippen molar-refractivity contribution in [2.75, 3.05) is 13.2 Å². The fourth-order valence-corrected chi connectivity index (χ4v) is 2.00. The Kier molecular flexibility index (Phi) is 4.04. The molecular formula is C13H14BrN3O. The molecule has 0 heterocycles. The summed E-state index contributed by atoms with van der Waals surface area (Å²) < 4.78 is 6.63. The molecule has 0 atom stereocenters. The maximum absolute atomic E-state index is 5.56. The van der Waals surface area contributed by atoms with Crippen LogP contribution in [0.2, 0.25) is 0 Å². The Hall–Kier alpha value is -1.75. The second-order valence-electron chi connectivity index (χ2n) is 3.81. The minimum absolute atomic E-state index is 0.0851. The molecular weight excluding hydrogens is 294 g/mol. The Morgan fingerprint density at radius 2 is 1.83 bits per heavy atom. The van der Waals surface area contributed by atoms with Crippen LogP contribution in [0, 0.1) is 0 Å². The van der Waals surface area contributed by atoms with Crippen molar-refractivity contribution in [2.24, 2.45) is 16.5 Å². The van der Waals surface area contributed by atoms with Crippen molar-refractivity contribution in [1.29, 1.82) is 0 Å². The van der Waals surface area contributed by atoms with Gasteiger partial charge in [-0.15, -0.1) is 0 Å². The van der Waals surface area contributed by atoms with E-state index in [4.69, 9.17) is 16.2 Å². The fourth-order valence-electron chi connectivity index (χ4n) is 1.62. The lowest BCUT2D eigenvalue weighted by molar-refractivity contribution is 0.329. The lowest BCUT2D eigenvalue weighted by Gasteiger charge is -2.06. The molecule has 0 aliphatic carbocycles. The summed E-state index contributed by atoms with van der Waals surface area (Å²) >= 11 is 3.45. The first-order valence-corrected chi connectivity index (χ1v) is 6.32. The van der Waals surface area contributed by atoms with Crippen molar-refractivity contribution in [3.05, 3.63) is 40.9 Å². The van der Waals surface area contributed by atoms with Crippen LogP contribution in [0.4, 0.5) is 0 Å². The average molecular weight is 308 g/mol. The third kappa shape index (κ3) is 3.37. The van der Waals surface area contributed by atoms with Gasteiger partial charge < -0.3 is 16.2 Å². The zero-order valence-corrected chi connectivity index (χ0v) is 11.4. The van der Waals surface area contributed by atoms with Gasteiger partial charge in [0.25, 0.3) is 0 Å². The van der Waals surface area contributed by atoms with Crippen molar-refractivity contribution >= 4 is 32.7 Å². The van der Waals surface area contributed by atoms with Gasteiger partial charge in [0.2, 0.25) is 0 Å². The molecule has 0 fully saturated rings. The number of fused-ring (bicyclic) bond motifs is 1. The Morgan fingerprint density at radius 3 is 2.61 bits per heavy atom. The van der Waals surface area contributed by atoms with Crippen LogP contribution >= 0.6 is 15.9 Å². The molecule has 0 aliphatic rings. The predicted octanol–water partition coefficient (Wildman–Crippen LogP) is 2.25. The first-order chi connectivity index (χ1) is 8.65. The van der Waals surface area contributed by atoms with Crippen molar-refractivity contribution in [3.63, 3.8) is 0 Å². The SMILES string of the molecule is NC(N)=NCCOc1ccc2cc(Br)ccc2c1. The first kappa shape index (κ1) is 12.7. The topological polar surface area (TPSA) is 73.6 Å². The molecule has 2 aromatic carbocycles. The molecule has 5 heteroatoms. The van der Waals surface area contributed by atoms with Crippen molar-refractivity contribution in [3.8, 4) is 5.75 Å². The van der Waals surface area contributed by atoms with Crippen LogP contribution in [0.1, 0.15) is 0 Å². The molecule has 0 aromatic heterocycles. The summed E-state index contributed by atoms with van der Waals surface area (Å²) in [5, 5.41) is 2.30. The largest absolute Gasteiger partial charge is 0.492 e. The van der Waals surface area contributed by atoms with E-state index in [-0.39, 0.29) is 5.96 Å². The third-order valence-electron chi connectivity index (χ3n) is 2.43. The number of hydrogen-bond donors (Lipinski definition) is 2. The second-order valence-corrected chi connectivity index (χ2v) is 4.72. The van der Waals surface area contributed by atoms with Gasteiger partial charge >= 0.3 is 0 Å². The number of guanidine groups is 1. The molecule has 4 nitrogen and oxygen atoms in total. The number of ether oxygens (including phenoxy) is 1. The van der Waals surface area contributed by atoms with E-state index in [9.17, 15) is 0 Å². The smallest absolute Gasteiger partial charge is 0.186 e. The molecule has 0 aliphatic heterocycles. The van der Waals surface area contributed by atoms with E-state index in [1.54, 1.807) is 0 Å². The lowest BCUT2D eigenvalue weighted by atomic mass is 10.1. The summed E-state index contributed by atoms with van der Waals surface area (Å²) in [5.74, 6) is 0.901. The van der Waals surface area contributed by atoms with Crippen molar-refractivity contribution in [2.45, 2.75) is 0 Å². The maximum Gasteiger partial charge on any atom is 0.186 e. The highest BCUT2D eigenvalue weighted by molar-refractivity contribution is 9.10. The summed E-state index contributed by atoms with van der Waals surface area (Å²) in [5.41, 5.74) is 10.5. The second kappa shape index (κ2) is 5.73. The Morgan fingerprint density at radius 1 is 1.11 bits per heavy atom. The van der Waals surface area contributed by atoms with Gasteiger partial charge in [-0.3, -0.25) is 4.99 Å². The molecule has 4 N–H and O–H groups in total. The van der Waals surface area contributed by atoms with E-state index >= 15 is 0 Å². The van der Waals surface area contributed by atoms with Gasteiger partial charge in [0.05, 0.1) is 6.54 Å². The summed E-state index contributed by atoms with van der Waals surface area (Å²) in [6, 6.07) is 12.1.